The zero-order valence-corrected chi connectivity index (χ0v) is 12.2. The van der Waals surface area contributed by atoms with Gasteiger partial charge in [0.2, 0.25) is 0 Å². The number of carbonyl (C=O) groups is 1. The van der Waals surface area contributed by atoms with Gasteiger partial charge in [0.05, 0.1) is 5.69 Å². The molecule has 0 saturated carbocycles. The third-order valence-corrected chi connectivity index (χ3v) is 5.16. The molecule has 2 N–H and O–H groups in total. The maximum atomic E-state index is 11.2. The van der Waals surface area contributed by atoms with Crippen molar-refractivity contribution < 1.29 is 9.90 Å². The quantitative estimate of drug-likeness (QED) is 0.891. The van der Waals surface area contributed by atoms with Crippen LogP contribution in [0.2, 0.25) is 0 Å². The number of carboxylic acids is 1. The second-order valence-corrected chi connectivity index (χ2v) is 7.03. The number of nitrogens with one attached hydrogen (secondary N) is 1. The lowest BCUT2D eigenvalue weighted by Gasteiger charge is -2.22. The fourth-order valence-corrected chi connectivity index (χ4v) is 3.79. The van der Waals surface area contributed by atoms with Gasteiger partial charge in [0, 0.05) is 17.2 Å². The van der Waals surface area contributed by atoms with Crippen molar-refractivity contribution in [1.29, 1.82) is 0 Å². The van der Waals surface area contributed by atoms with Crippen LogP contribution in [0.3, 0.4) is 0 Å². The summed E-state index contributed by atoms with van der Waals surface area (Å²) in [5.41, 5.74) is -0.288. The summed E-state index contributed by atoms with van der Waals surface area (Å²) < 4.78 is 0. The van der Waals surface area contributed by atoms with Crippen molar-refractivity contribution >= 4 is 34.2 Å². The Hall–Kier alpha value is -0.750. The molecular formula is C12H18N2O2S2. The van der Waals surface area contributed by atoms with Crippen LogP contribution >= 0.6 is 23.1 Å². The Kier molecular flexibility index (Phi) is 4.17. The molecule has 1 aromatic rings. The Bertz CT molecular complexity index is 425. The molecule has 100 valence electrons. The summed E-state index contributed by atoms with van der Waals surface area (Å²) in [5, 5.41) is 15.3. The molecule has 1 atom stereocenters. The third kappa shape index (κ3) is 2.98. The largest absolute Gasteiger partial charge is 0.481 e. The molecule has 0 radical (unpaired) electrons. The zero-order chi connectivity index (χ0) is 13.2. The van der Waals surface area contributed by atoms with Crippen LogP contribution in [0.4, 0.5) is 5.13 Å². The van der Waals surface area contributed by atoms with Gasteiger partial charge in [-0.15, -0.1) is 11.3 Å². The highest BCUT2D eigenvalue weighted by atomic mass is 32.2. The van der Waals surface area contributed by atoms with Crippen LogP contribution in [0, 0.1) is 0 Å². The number of thioether (sulfide) groups is 1. The first kappa shape index (κ1) is 13.7. The van der Waals surface area contributed by atoms with E-state index in [2.05, 4.69) is 10.3 Å². The molecule has 1 saturated heterocycles. The number of aliphatic carboxylic acids is 1. The van der Waals surface area contributed by atoms with E-state index in [9.17, 15) is 4.79 Å². The molecule has 1 aliphatic heterocycles. The van der Waals surface area contributed by atoms with Crippen molar-refractivity contribution in [3.8, 4) is 0 Å². The fourth-order valence-electron chi connectivity index (χ4n) is 1.77. The molecule has 0 bridgehead atoms. The predicted octanol–water partition coefficient (Wildman–Crippen LogP) is 2.81. The van der Waals surface area contributed by atoms with Gasteiger partial charge in [-0.05, 0) is 32.4 Å². The summed E-state index contributed by atoms with van der Waals surface area (Å²) in [7, 11) is 0. The van der Waals surface area contributed by atoms with Crippen molar-refractivity contribution in [2.24, 2.45) is 0 Å². The molecule has 0 aromatic carbocycles. The minimum atomic E-state index is -0.919. The Balaban J connectivity index is 2.03. The molecule has 18 heavy (non-hydrogen) atoms. The van der Waals surface area contributed by atoms with Crippen LogP contribution in [0.15, 0.2) is 5.38 Å². The second kappa shape index (κ2) is 5.48. The summed E-state index contributed by atoms with van der Waals surface area (Å²) in [6.07, 6.45) is 2.41. The lowest BCUT2D eigenvalue weighted by atomic mass is 9.90. The molecular weight excluding hydrogens is 268 g/mol. The van der Waals surface area contributed by atoms with E-state index in [4.69, 9.17) is 5.11 Å². The normalized spacial score (nSPS) is 20.7. The number of aromatic nitrogens is 1. The van der Waals surface area contributed by atoms with Crippen LogP contribution in [-0.2, 0) is 10.2 Å². The van der Waals surface area contributed by atoms with Gasteiger partial charge in [0.25, 0.3) is 0 Å². The summed E-state index contributed by atoms with van der Waals surface area (Å²) in [6, 6.07) is 0.468. The van der Waals surface area contributed by atoms with Crippen molar-refractivity contribution in [2.75, 3.05) is 16.8 Å². The number of carboxylic acid groups (broad SMARTS) is 1. The fraction of sp³-hybridized carbons (Fsp3) is 0.667. The van der Waals surface area contributed by atoms with Gasteiger partial charge >= 0.3 is 5.97 Å². The first-order valence-electron chi connectivity index (χ1n) is 6.04. The van der Waals surface area contributed by atoms with Gasteiger partial charge < -0.3 is 10.4 Å². The molecule has 0 spiro atoms. The van der Waals surface area contributed by atoms with Crippen LogP contribution < -0.4 is 5.32 Å². The van der Waals surface area contributed by atoms with Crippen LogP contribution in [0.25, 0.3) is 0 Å². The monoisotopic (exact) mass is 286 g/mol. The van der Waals surface area contributed by atoms with E-state index in [0.29, 0.717) is 11.7 Å². The number of nitrogens with zero attached hydrogens (tertiary/aromatic N) is 1. The number of hydrogen-bond donors (Lipinski definition) is 2. The van der Waals surface area contributed by atoms with Crippen molar-refractivity contribution in [1.82, 2.24) is 4.98 Å². The summed E-state index contributed by atoms with van der Waals surface area (Å²) in [5.74, 6) is 1.51. The Morgan fingerprint density at radius 1 is 1.61 bits per heavy atom. The average molecular weight is 286 g/mol. The predicted molar refractivity (Wildman–Crippen MR) is 76.7 cm³/mol. The van der Waals surface area contributed by atoms with E-state index < -0.39 is 11.4 Å². The maximum absolute atomic E-state index is 11.2. The molecule has 1 fully saturated rings. The highest BCUT2D eigenvalue weighted by Crippen LogP contribution is 2.29. The third-order valence-electron chi connectivity index (χ3n) is 3.17. The van der Waals surface area contributed by atoms with Crippen molar-refractivity contribution in [2.45, 2.75) is 38.1 Å². The Labute approximate surface area is 115 Å². The summed E-state index contributed by atoms with van der Waals surface area (Å²) >= 11 is 3.45. The SMILES string of the molecule is CC(C)(C(=O)O)c1csc(NC2CCCSC2)n1. The highest BCUT2D eigenvalue weighted by Gasteiger charge is 2.32. The van der Waals surface area contributed by atoms with E-state index in [1.807, 2.05) is 17.1 Å². The lowest BCUT2D eigenvalue weighted by molar-refractivity contribution is -0.142. The zero-order valence-electron chi connectivity index (χ0n) is 10.6. The summed E-state index contributed by atoms with van der Waals surface area (Å²) in [4.78, 5) is 15.6. The molecule has 0 amide bonds. The van der Waals surface area contributed by atoms with E-state index in [0.717, 1.165) is 10.9 Å². The Morgan fingerprint density at radius 2 is 2.39 bits per heavy atom. The second-order valence-electron chi connectivity index (χ2n) is 5.03. The first-order chi connectivity index (χ1) is 8.50. The number of rotatable bonds is 4. The number of thiazole rings is 1. The number of anilines is 1. The van der Waals surface area contributed by atoms with Gasteiger partial charge in [0.15, 0.2) is 5.13 Å². The summed E-state index contributed by atoms with van der Waals surface area (Å²) in [6.45, 7) is 3.37. The van der Waals surface area contributed by atoms with E-state index in [1.54, 1.807) is 13.8 Å². The lowest BCUT2D eigenvalue weighted by Crippen LogP contribution is -2.29. The molecule has 2 heterocycles. The van der Waals surface area contributed by atoms with E-state index in [-0.39, 0.29) is 0 Å². The van der Waals surface area contributed by atoms with E-state index >= 15 is 0 Å². The van der Waals surface area contributed by atoms with Crippen LogP contribution in [0.1, 0.15) is 32.4 Å². The molecule has 4 nitrogen and oxygen atoms in total. The number of hydrogen-bond acceptors (Lipinski definition) is 5. The van der Waals surface area contributed by atoms with E-state index in [1.165, 1.54) is 29.9 Å². The first-order valence-corrected chi connectivity index (χ1v) is 8.07. The van der Waals surface area contributed by atoms with Gasteiger partial charge in [-0.2, -0.15) is 11.8 Å². The molecule has 1 aromatic heterocycles. The van der Waals surface area contributed by atoms with Gasteiger partial charge in [-0.3, -0.25) is 4.79 Å². The molecule has 6 heteroatoms. The molecule has 1 aliphatic rings. The topological polar surface area (TPSA) is 62.2 Å². The average Bonchev–Trinajstić information content (AvgIpc) is 2.79. The maximum Gasteiger partial charge on any atom is 0.315 e. The van der Waals surface area contributed by atoms with Crippen LogP contribution in [-0.4, -0.2) is 33.6 Å². The molecule has 0 aliphatic carbocycles. The minimum Gasteiger partial charge on any atom is -0.481 e. The minimum absolute atomic E-state index is 0.468. The van der Waals surface area contributed by atoms with Gasteiger partial charge in [-0.25, -0.2) is 4.98 Å². The van der Waals surface area contributed by atoms with Gasteiger partial charge in [-0.1, -0.05) is 0 Å². The standard InChI is InChI=1S/C12H18N2O2S2/c1-12(2,10(15)16)9-7-18-11(14-9)13-8-4-3-5-17-6-8/h7-8H,3-6H2,1-2H3,(H,13,14)(H,15,16). The smallest absolute Gasteiger partial charge is 0.315 e. The van der Waals surface area contributed by atoms with Crippen molar-refractivity contribution in [3.63, 3.8) is 0 Å². The van der Waals surface area contributed by atoms with Crippen molar-refractivity contribution in [3.05, 3.63) is 11.1 Å². The highest BCUT2D eigenvalue weighted by molar-refractivity contribution is 7.99. The molecule has 1 unspecified atom stereocenters. The Morgan fingerprint density at radius 3 is 3.00 bits per heavy atom. The molecule has 2 rings (SSSR count). The van der Waals surface area contributed by atoms with Gasteiger partial charge in [0.1, 0.15) is 5.41 Å². The van der Waals surface area contributed by atoms with Crippen LogP contribution in [0.5, 0.6) is 0 Å².